The first-order valence-electron chi connectivity index (χ1n) is 10.9. The van der Waals surface area contributed by atoms with Gasteiger partial charge in [-0.05, 0) is 24.0 Å². The lowest BCUT2D eigenvalue weighted by Gasteiger charge is -2.33. The van der Waals surface area contributed by atoms with Gasteiger partial charge < -0.3 is 4.74 Å². The Kier molecular flexibility index (Phi) is 7.48. The maximum absolute atomic E-state index is 14.0. The van der Waals surface area contributed by atoms with Crippen LogP contribution in [0.25, 0.3) is 0 Å². The van der Waals surface area contributed by atoms with E-state index < -0.39 is 27.1 Å². The fraction of sp³-hybridized carbons (Fsp3) is 0.292. The molecule has 0 amide bonds. The number of nitrogens with zero attached hydrogens (tertiary/aromatic N) is 2. The lowest BCUT2D eigenvalue weighted by molar-refractivity contribution is -0.145. The molecule has 0 N–H and O–H groups in total. The van der Waals surface area contributed by atoms with Crippen molar-refractivity contribution in [2.45, 2.75) is 18.9 Å². The molecule has 0 fully saturated rings. The average Bonchev–Trinajstić information content (AvgIpc) is 3.38. The number of esters is 1. The van der Waals surface area contributed by atoms with Gasteiger partial charge in [-0.25, -0.2) is 13.7 Å². The summed E-state index contributed by atoms with van der Waals surface area (Å²) in [5, 5.41) is 0. The van der Waals surface area contributed by atoms with Crippen molar-refractivity contribution in [1.82, 2.24) is 9.34 Å². The van der Waals surface area contributed by atoms with Gasteiger partial charge in [0.15, 0.2) is 0 Å². The minimum absolute atomic E-state index is 0.248. The Labute approximate surface area is 194 Å². The smallest absolute Gasteiger partial charge is 0.323 e. The molecule has 33 heavy (non-hydrogen) atoms. The minimum Gasteiger partial charge on any atom is -0.468 e. The molecule has 0 saturated carbocycles. The average molecular weight is 486 g/mol. The van der Waals surface area contributed by atoms with Crippen LogP contribution in [-0.2, 0) is 35.8 Å². The molecule has 0 radical (unpaired) electrons. The molecule has 2 aromatic carbocycles. The van der Waals surface area contributed by atoms with Crippen LogP contribution in [0.2, 0.25) is 0 Å². The van der Waals surface area contributed by atoms with Crippen molar-refractivity contribution in [2.24, 2.45) is 0 Å². The Morgan fingerprint density at radius 1 is 0.909 bits per heavy atom. The van der Waals surface area contributed by atoms with E-state index in [0.717, 1.165) is 11.1 Å². The third-order valence-corrected chi connectivity index (χ3v) is 11.1. The molecule has 2 aromatic rings. The van der Waals surface area contributed by atoms with E-state index in [1.165, 1.54) is 23.4 Å². The molecule has 3 atom stereocenters. The summed E-state index contributed by atoms with van der Waals surface area (Å²) in [6.45, 7) is 1.21. The van der Waals surface area contributed by atoms with Crippen molar-refractivity contribution < 1.29 is 23.0 Å². The highest BCUT2D eigenvalue weighted by atomic mass is 31.2. The van der Waals surface area contributed by atoms with Crippen molar-refractivity contribution >= 4 is 21.0 Å². The van der Waals surface area contributed by atoms with Gasteiger partial charge in [-0.1, -0.05) is 72.8 Å². The summed E-state index contributed by atoms with van der Waals surface area (Å²) in [4.78, 5) is 12.7. The molecule has 0 unspecified atom stereocenters. The normalized spacial score (nSPS) is 26.0. The first-order valence-corrected chi connectivity index (χ1v) is 14.2. The second-order valence-corrected chi connectivity index (χ2v) is 12.6. The zero-order valence-corrected chi connectivity index (χ0v) is 20.3. The summed E-state index contributed by atoms with van der Waals surface area (Å²) in [6.07, 6.45) is 4.48. The first-order chi connectivity index (χ1) is 15.9. The van der Waals surface area contributed by atoms with E-state index in [9.17, 15) is 13.9 Å². The lowest BCUT2D eigenvalue weighted by atomic mass is 10.1. The largest absolute Gasteiger partial charge is 0.468 e. The standard InChI is InChI=1S/C24H28N2O5P2/c1-30-24(27)23(20-22-12-6-3-7-13-22)26-16-9-19-33(26,29)31-32(28)18-8-15-25(32)17-14-21-10-4-2-5-11-21/h2-13,18-19,23H,14-17,20H2,1H3/t23-,32-,33+/m0/s1. The van der Waals surface area contributed by atoms with Gasteiger partial charge >= 0.3 is 21.0 Å². The molecule has 0 aliphatic carbocycles. The quantitative estimate of drug-likeness (QED) is 0.362. The molecule has 4 rings (SSSR count). The topological polar surface area (TPSA) is 76.1 Å². The van der Waals surface area contributed by atoms with Crippen LogP contribution in [-0.4, -0.2) is 48.1 Å². The van der Waals surface area contributed by atoms with E-state index in [0.29, 0.717) is 25.9 Å². The van der Waals surface area contributed by atoms with Gasteiger partial charge in [0.2, 0.25) is 0 Å². The van der Waals surface area contributed by atoms with E-state index in [2.05, 4.69) is 0 Å². The van der Waals surface area contributed by atoms with Crippen LogP contribution in [0.1, 0.15) is 11.1 Å². The zero-order chi connectivity index (χ0) is 23.3. The Morgan fingerprint density at radius 2 is 1.52 bits per heavy atom. The van der Waals surface area contributed by atoms with Crippen molar-refractivity contribution in [3.8, 4) is 0 Å². The minimum atomic E-state index is -3.69. The van der Waals surface area contributed by atoms with Crippen molar-refractivity contribution in [3.63, 3.8) is 0 Å². The van der Waals surface area contributed by atoms with Gasteiger partial charge in [0.25, 0.3) is 0 Å². The van der Waals surface area contributed by atoms with Crippen LogP contribution in [0, 0.1) is 0 Å². The number of methoxy groups -OCH3 is 1. The van der Waals surface area contributed by atoms with Crippen LogP contribution in [0.5, 0.6) is 0 Å². The van der Waals surface area contributed by atoms with E-state index in [-0.39, 0.29) is 6.54 Å². The summed E-state index contributed by atoms with van der Waals surface area (Å²) >= 11 is 0. The van der Waals surface area contributed by atoms with Gasteiger partial charge in [-0.15, -0.1) is 0 Å². The molecule has 0 saturated heterocycles. The monoisotopic (exact) mass is 486 g/mol. The number of hydrogen-bond donors (Lipinski definition) is 0. The van der Waals surface area contributed by atoms with Gasteiger partial charge in [-0.3, -0.25) is 13.9 Å². The maximum Gasteiger partial charge on any atom is 0.323 e. The summed E-state index contributed by atoms with van der Waals surface area (Å²) in [5.74, 6) is 2.47. The second-order valence-electron chi connectivity index (χ2n) is 7.98. The maximum atomic E-state index is 14.0. The fourth-order valence-electron chi connectivity index (χ4n) is 4.06. The third-order valence-electron chi connectivity index (χ3n) is 5.79. The Balaban J connectivity index is 1.52. The number of rotatable bonds is 9. The van der Waals surface area contributed by atoms with Gasteiger partial charge in [-0.2, -0.15) is 0 Å². The van der Waals surface area contributed by atoms with Gasteiger partial charge in [0.05, 0.1) is 7.11 Å². The van der Waals surface area contributed by atoms with E-state index >= 15 is 0 Å². The molecule has 2 aliphatic rings. The summed E-state index contributed by atoms with van der Waals surface area (Å²) in [7, 11) is -5.87. The zero-order valence-electron chi connectivity index (χ0n) is 18.5. The number of benzene rings is 2. The highest BCUT2D eigenvalue weighted by Gasteiger charge is 2.47. The third kappa shape index (κ3) is 5.46. The molecule has 2 heterocycles. The summed E-state index contributed by atoms with van der Waals surface area (Å²) < 4.78 is 41.9. The SMILES string of the molecule is COC(=O)[C@H](Cc1ccccc1)N1CC=C[P@@]1(=O)O[P@@]1(=O)C=CCN1CCc1ccccc1. The molecule has 2 aliphatic heterocycles. The number of hydrogen-bond acceptors (Lipinski definition) is 5. The number of carbonyl (C=O) groups excluding carboxylic acids is 1. The molecule has 7 nitrogen and oxygen atoms in total. The number of carbonyl (C=O) groups is 1. The highest BCUT2D eigenvalue weighted by molar-refractivity contribution is 7.73. The molecule has 174 valence electrons. The van der Waals surface area contributed by atoms with Gasteiger partial charge in [0, 0.05) is 31.3 Å². The molecule has 0 bridgehead atoms. The first kappa shape index (κ1) is 23.9. The van der Waals surface area contributed by atoms with Crippen LogP contribution >= 0.6 is 15.0 Å². The van der Waals surface area contributed by atoms with Crippen molar-refractivity contribution in [3.05, 3.63) is 95.6 Å². The van der Waals surface area contributed by atoms with Crippen molar-refractivity contribution in [1.29, 1.82) is 0 Å². The number of ether oxygens (including phenoxy) is 1. The fourth-order valence-corrected chi connectivity index (χ4v) is 9.29. The summed E-state index contributed by atoms with van der Waals surface area (Å²) in [5.41, 5.74) is 2.03. The second kappa shape index (κ2) is 10.3. The van der Waals surface area contributed by atoms with E-state index in [4.69, 9.17) is 9.05 Å². The molecular weight excluding hydrogens is 458 g/mol. The van der Waals surface area contributed by atoms with E-state index in [1.54, 1.807) is 16.8 Å². The Morgan fingerprint density at radius 3 is 2.18 bits per heavy atom. The Hall–Kier alpha value is -2.27. The Bertz CT molecular complexity index is 1120. The molecular formula is C24H28N2O5P2. The molecule has 9 heteroatoms. The predicted molar refractivity (Wildman–Crippen MR) is 129 cm³/mol. The van der Waals surface area contributed by atoms with E-state index in [1.807, 2.05) is 60.7 Å². The van der Waals surface area contributed by atoms with Crippen molar-refractivity contribution in [2.75, 3.05) is 26.7 Å². The van der Waals surface area contributed by atoms with Gasteiger partial charge in [0.1, 0.15) is 6.04 Å². The van der Waals surface area contributed by atoms with Crippen LogP contribution in [0.15, 0.2) is 84.4 Å². The van der Waals surface area contributed by atoms with Crippen LogP contribution in [0.3, 0.4) is 0 Å². The lowest BCUT2D eigenvalue weighted by Crippen LogP contribution is -2.40. The summed E-state index contributed by atoms with van der Waals surface area (Å²) in [6, 6.07) is 18.6. The predicted octanol–water partition coefficient (Wildman–Crippen LogP) is 5.07. The highest BCUT2D eigenvalue weighted by Crippen LogP contribution is 2.71. The molecule has 0 spiro atoms. The van der Waals surface area contributed by atoms with Crippen LogP contribution < -0.4 is 0 Å². The van der Waals surface area contributed by atoms with Crippen LogP contribution in [0.4, 0.5) is 0 Å². The molecule has 0 aromatic heterocycles.